The van der Waals surface area contributed by atoms with Gasteiger partial charge in [-0.15, -0.1) is 4.90 Å². The summed E-state index contributed by atoms with van der Waals surface area (Å²) in [4.78, 5) is 37.8. The van der Waals surface area contributed by atoms with Gasteiger partial charge in [-0.3, -0.25) is 4.79 Å². The van der Waals surface area contributed by atoms with E-state index >= 15 is 0 Å². The highest BCUT2D eigenvalue weighted by atomic mass is 16.6. The fourth-order valence-electron chi connectivity index (χ4n) is 1.76. The molecule has 6 nitrogen and oxygen atoms in total. The lowest BCUT2D eigenvalue weighted by Crippen LogP contribution is -2.46. The molecule has 0 atom stereocenters. The van der Waals surface area contributed by atoms with Gasteiger partial charge in [0.15, 0.2) is 0 Å². The zero-order valence-corrected chi connectivity index (χ0v) is 15.3. The maximum Gasteiger partial charge on any atom is 0.427 e. The summed E-state index contributed by atoms with van der Waals surface area (Å²) in [7, 11) is 0. The number of carbonyl (C=O) groups is 3. The summed E-state index contributed by atoms with van der Waals surface area (Å²) >= 11 is 0. The maximum absolute atomic E-state index is 12.7. The number of hydrogen-bond acceptors (Lipinski definition) is 5. The molecule has 1 aromatic rings. The molecule has 3 amide bonds. The van der Waals surface area contributed by atoms with E-state index in [4.69, 9.17) is 9.47 Å². The Labute approximate surface area is 142 Å². The van der Waals surface area contributed by atoms with E-state index < -0.39 is 29.3 Å². The molecule has 0 radical (unpaired) electrons. The molecule has 1 aromatic carbocycles. The number of amides is 3. The molecule has 0 heterocycles. The Bertz CT molecular complexity index is 610. The Hall–Kier alpha value is -2.37. The SMILES string of the molecule is Cc1cccc(C(=O)N(C(=O)OC(C)(C)C)C(=O)OC(C)(C)C)c1. The lowest BCUT2D eigenvalue weighted by atomic mass is 10.1. The minimum atomic E-state index is -1.07. The zero-order chi connectivity index (χ0) is 18.7. The lowest BCUT2D eigenvalue weighted by Gasteiger charge is -2.27. The molecule has 6 heteroatoms. The number of benzene rings is 1. The number of nitrogens with zero attached hydrogens (tertiary/aromatic N) is 1. The zero-order valence-electron chi connectivity index (χ0n) is 15.3. The summed E-state index contributed by atoms with van der Waals surface area (Å²) in [6, 6.07) is 6.59. The molecule has 0 unspecified atom stereocenters. The van der Waals surface area contributed by atoms with Crippen LogP contribution in [0.5, 0.6) is 0 Å². The minimum absolute atomic E-state index is 0.201. The van der Waals surface area contributed by atoms with Crippen molar-refractivity contribution in [2.24, 2.45) is 0 Å². The molecule has 0 fully saturated rings. The molecule has 0 spiro atoms. The summed E-state index contributed by atoms with van der Waals surface area (Å²) in [5.74, 6) is -0.790. The Balaban J connectivity index is 3.19. The van der Waals surface area contributed by atoms with E-state index in [1.807, 2.05) is 13.0 Å². The van der Waals surface area contributed by atoms with Crippen molar-refractivity contribution in [3.8, 4) is 0 Å². The van der Waals surface area contributed by atoms with Gasteiger partial charge in [-0.25, -0.2) is 9.59 Å². The van der Waals surface area contributed by atoms with Gasteiger partial charge < -0.3 is 9.47 Å². The molecular weight excluding hydrogens is 310 g/mol. The molecule has 0 aliphatic heterocycles. The van der Waals surface area contributed by atoms with Gasteiger partial charge >= 0.3 is 12.2 Å². The third-order valence-corrected chi connectivity index (χ3v) is 2.62. The molecule has 0 N–H and O–H groups in total. The lowest BCUT2D eigenvalue weighted by molar-refractivity contribution is 0.00397. The highest BCUT2D eigenvalue weighted by Gasteiger charge is 2.36. The highest BCUT2D eigenvalue weighted by molar-refractivity contribution is 6.13. The van der Waals surface area contributed by atoms with Crippen molar-refractivity contribution < 1.29 is 23.9 Å². The van der Waals surface area contributed by atoms with Crippen LogP contribution in [0, 0.1) is 6.92 Å². The first-order chi connectivity index (χ1) is 10.8. The first kappa shape index (κ1) is 19.7. The van der Waals surface area contributed by atoms with Crippen molar-refractivity contribution in [3.05, 3.63) is 35.4 Å². The molecule has 1 rings (SSSR count). The molecular formula is C18H25NO5. The average Bonchev–Trinajstić information content (AvgIpc) is 2.34. The number of imide groups is 3. The number of ether oxygens (including phenoxy) is 2. The average molecular weight is 335 g/mol. The predicted molar refractivity (Wildman–Crippen MR) is 89.8 cm³/mol. The van der Waals surface area contributed by atoms with Gasteiger partial charge in [0, 0.05) is 5.56 Å². The van der Waals surface area contributed by atoms with E-state index in [1.54, 1.807) is 53.7 Å². The van der Waals surface area contributed by atoms with Gasteiger partial charge in [-0.2, -0.15) is 0 Å². The molecule has 132 valence electrons. The molecule has 0 aliphatic carbocycles. The van der Waals surface area contributed by atoms with Gasteiger partial charge in [-0.05, 0) is 60.6 Å². The number of rotatable bonds is 1. The van der Waals surface area contributed by atoms with E-state index in [-0.39, 0.29) is 5.56 Å². The van der Waals surface area contributed by atoms with Crippen molar-refractivity contribution in [3.63, 3.8) is 0 Å². The standard InChI is InChI=1S/C18H25NO5/c1-12-9-8-10-13(11-12)14(20)19(15(21)23-17(2,3)4)16(22)24-18(5,6)7/h8-11H,1-7H3. The molecule has 0 saturated carbocycles. The number of carbonyl (C=O) groups excluding carboxylic acids is 3. The second-order valence-corrected chi connectivity index (χ2v) is 7.47. The van der Waals surface area contributed by atoms with Gasteiger partial charge in [0.25, 0.3) is 5.91 Å². The molecule has 0 aliphatic rings. The summed E-state index contributed by atoms with van der Waals surface area (Å²) in [5.41, 5.74) is -0.685. The van der Waals surface area contributed by atoms with Crippen LogP contribution < -0.4 is 0 Å². The second kappa shape index (κ2) is 7.03. The van der Waals surface area contributed by atoms with Crippen LogP contribution in [0.2, 0.25) is 0 Å². The first-order valence-corrected chi connectivity index (χ1v) is 7.67. The Morgan fingerprint density at radius 1 is 0.875 bits per heavy atom. The minimum Gasteiger partial charge on any atom is -0.443 e. The molecule has 0 saturated heterocycles. The Morgan fingerprint density at radius 3 is 1.71 bits per heavy atom. The van der Waals surface area contributed by atoms with Gasteiger partial charge in [0.2, 0.25) is 0 Å². The van der Waals surface area contributed by atoms with Crippen LogP contribution in [0.15, 0.2) is 24.3 Å². The molecule has 0 aromatic heterocycles. The fourth-order valence-corrected chi connectivity index (χ4v) is 1.76. The van der Waals surface area contributed by atoms with Crippen LogP contribution in [0.4, 0.5) is 9.59 Å². The second-order valence-electron chi connectivity index (χ2n) is 7.47. The van der Waals surface area contributed by atoms with E-state index in [1.165, 1.54) is 6.07 Å². The topological polar surface area (TPSA) is 72.9 Å². The van der Waals surface area contributed by atoms with E-state index in [0.717, 1.165) is 5.56 Å². The van der Waals surface area contributed by atoms with Gasteiger partial charge in [0.1, 0.15) is 11.2 Å². The summed E-state index contributed by atoms with van der Waals surface area (Å²) in [6.07, 6.45) is -2.13. The summed E-state index contributed by atoms with van der Waals surface area (Å²) in [5, 5.41) is 0. The number of aryl methyl sites for hydroxylation is 1. The van der Waals surface area contributed by atoms with Crippen molar-refractivity contribution in [1.29, 1.82) is 0 Å². The molecule has 24 heavy (non-hydrogen) atoms. The Kier molecular flexibility index (Phi) is 5.76. The third kappa shape index (κ3) is 6.02. The van der Waals surface area contributed by atoms with Crippen LogP contribution in [-0.4, -0.2) is 34.2 Å². The van der Waals surface area contributed by atoms with Crippen molar-refractivity contribution >= 4 is 18.1 Å². The van der Waals surface area contributed by atoms with Crippen molar-refractivity contribution in [2.75, 3.05) is 0 Å². The summed E-state index contributed by atoms with van der Waals surface area (Å²) in [6.45, 7) is 11.7. The van der Waals surface area contributed by atoms with Crippen LogP contribution in [0.25, 0.3) is 0 Å². The van der Waals surface area contributed by atoms with Crippen molar-refractivity contribution in [1.82, 2.24) is 4.90 Å². The smallest absolute Gasteiger partial charge is 0.427 e. The fraction of sp³-hybridized carbons (Fsp3) is 0.500. The molecule has 0 bridgehead atoms. The predicted octanol–water partition coefficient (Wildman–Crippen LogP) is 4.31. The Morgan fingerprint density at radius 2 is 1.33 bits per heavy atom. The largest absolute Gasteiger partial charge is 0.443 e. The maximum atomic E-state index is 12.7. The van der Waals surface area contributed by atoms with Crippen LogP contribution in [0.1, 0.15) is 57.5 Å². The first-order valence-electron chi connectivity index (χ1n) is 7.67. The monoisotopic (exact) mass is 335 g/mol. The van der Waals surface area contributed by atoms with E-state index in [2.05, 4.69) is 0 Å². The third-order valence-electron chi connectivity index (χ3n) is 2.62. The van der Waals surface area contributed by atoms with Crippen LogP contribution >= 0.6 is 0 Å². The summed E-state index contributed by atoms with van der Waals surface area (Å²) < 4.78 is 10.3. The number of hydrogen-bond donors (Lipinski definition) is 0. The van der Waals surface area contributed by atoms with Crippen LogP contribution in [-0.2, 0) is 9.47 Å². The van der Waals surface area contributed by atoms with Gasteiger partial charge in [-0.1, -0.05) is 17.7 Å². The van der Waals surface area contributed by atoms with E-state index in [0.29, 0.717) is 4.90 Å². The van der Waals surface area contributed by atoms with E-state index in [9.17, 15) is 14.4 Å². The normalized spacial score (nSPS) is 11.6. The quantitative estimate of drug-likeness (QED) is 0.764. The van der Waals surface area contributed by atoms with Gasteiger partial charge in [0.05, 0.1) is 0 Å². The van der Waals surface area contributed by atoms with Crippen molar-refractivity contribution in [2.45, 2.75) is 59.7 Å². The highest BCUT2D eigenvalue weighted by Crippen LogP contribution is 2.17. The van der Waals surface area contributed by atoms with Crippen LogP contribution in [0.3, 0.4) is 0 Å².